The van der Waals surface area contributed by atoms with E-state index in [4.69, 9.17) is 25.1 Å². The summed E-state index contributed by atoms with van der Waals surface area (Å²) in [6, 6.07) is 0. The number of methoxy groups -OCH3 is 1. The monoisotopic (exact) mass is 263 g/mol. The van der Waals surface area contributed by atoms with Gasteiger partial charge in [-0.15, -0.1) is 0 Å². The SMILES string of the molecule is CCC(CN)(CCOCCOCCOC)C(=O)O. The third-order valence-electron chi connectivity index (χ3n) is 3.05. The van der Waals surface area contributed by atoms with Gasteiger partial charge in [0, 0.05) is 20.3 Å². The highest BCUT2D eigenvalue weighted by Gasteiger charge is 2.34. The van der Waals surface area contributed by atoms with Gasteiger partial charge in [-0.2, -0.15) is 0 Å². The van der Waals surface area contributed by atoms with Crippen molar-refractivity contribution in [1.29, 1.82) is 0 Å². The van der Waals surface area contributed by atoms with Crippen molar-refractivity contribution < 1.29 is 24.1 Å². The van der Waals surface area contributed by atoms with Crippen LogP contribution in [0, 0.1) is 5.41 Å². The fourth-order valence-corrected chi connectivity index (χ4v) is 1.50. The van der Waals surface area contributed by atoms with Gasteiger partial charge in [-0.3, -0.25) is 4.79 Å². The van der Waals surface area contributed by atoms with E-state index in [2.05, 4.69) is 0 Å². The molecule has 0 aromatic carbocycles. The third kappa shape index (κ3) is 6.30. The minimum Gasteiger partial charge on any atom is -0.481 e. The van der Waals surface area contributed by atoms with Crippen LogP contribution >= 0.6 is 0 Å². The van der Waals surface area contributed by atoms with E-state index in [1.807, 2.05) is 6.92 Å². The second kappa shape index (κ2) is 10.3. The van der Waals surface area contributed by atoms with E-state index in [0.29, 0.717) is 45.9 Å². The summed E-state index contributed by atoms with van der Waals surface area (Å²) in [7, 11) is 1.61. The van der Waals surface area contributed by atoms with Gasteiger partial charge in [-0.1, -0.05) is 6.92 Å². The lowest BCUT2D eigenvalue weighted by molar-refractivity contribution is -0.150. The number of carboxylic acid groups (broad SMARTS) is 1. The zero-order valence-electron chi connectivity index (χ0n) is 11.3. The first-order valence-corrected chi connectivity index (χ1v) is 6.21. The quantitative estimate of drug-likeness (QED) is 0.498. The number of carbonyl (C=O) groups is 1. The molecule has 0 spiro atoms. The lowest BCUT2D eigenvalue weighted by Crippen LogP contribution is -2.39. The van der Waals surface area contributed by atoms with Crippen LogP contribution in [0.1, 0.15) is 19.8 Å². The molecule has 0 rings (SSSR count). The second-order valence-corrected chi connectivity index (χ2v) is 4.11. The summed E-state index contributed by atoms with van der Waals surface area (Å²) in [6.07, 6.45) is 0.930. The second-order valence-electron chi connectivity index (χ2n) is 4.11. The topological polar surface area (TPSA) is 91.0 Å². The standard InChI is InChI=1S/C12H25NO5/c1-3-12(10-13,11(14)15)4-5-17-8-9-18-7-6-16-2/h3-10,13H2,1-2H3,(H,14,15). The zero-order valence-corrected chi connectivity index (χ0v) is 11.3. The molecule has 0 aliphatic heterocycles. The molecule has 3 N–H and O–H groups in total. The molecular formula is C12H25NO5. The van der Waals surface area contributed by atoms with Crippen LogP contribution in [0.15, 0.2) is 0 Å². The van der Waals surface area contributed by atoms with Gasteiger partial charge in [-0.25, -0.2) is 0 Å². The van der Waals surface area contributed by atoms with Gasteiger partial charge in [0.15, 0.2) is 0 Å². The molecule has 18 heavy (non-hydrogen) atoms. The normalized spacial score (nSPS) is 14.4. The first-order chi connectivity index (χ1) is 8.63. The lowest BCUT2D eigenvalue weighted by atomic mass is 9.82. The summed E-state index contributed by atoms with van der Waals surface area (Å²) >= 11 is 0. The van der Waals surface area contributed by atoms with Crippen molar-refractivity contribution >= 4 is 5.97 Å². The molecule has 0 aliphatic carbocycles. The molecule has 0 aromatic rings. The van der Waals surface area contributed by atoms with Crippen molar-refractivity contribution in [3.63, 3.8) is 0 Å². The fourth-order valence-electron chi connectivity index (χ4n) is 1.50. The average molecular weight is 263 g/mol. The highest BCUT2D eigenvalue weighted by atomic mass is 16.5. The van der Waals surface area contributed by atoms with Crippen LogP contribution in [0.3, 0.4) is 0 Å². The first-order valence-electron chi connectivity index (χ1n) is 6.21. The molecular weight excluding hydrogens is 238 g/mol. The van der Waals surface area contributed by atoms with Crippen molar-refractivity contribution in [2.45, 2.75) is 19.8 Å². The Labute approximate surface area is 108 Å². The van der Waals surface area contributed by atoms with Crippen LogP contribution in [0.5, 0.6) is 0 Å². The van der Waals surface area contributed by atoms with Crippen molar-refractivity contribution in [2.75, 3.05) is 46.7 Å². The number of hydrogen-bond donors (Lipinski definition) is 2. The number of aliphatic carboxylic acids is 1. The van der Waals surface area contributed by atoms with Gasteiger partial charge >= 0.3 is 5.97 Å². The van der Waals surface area contributed by atoms with Crippen molar-refractivity contribution in [1.82, 2.24) is 0 Å². The number of ether oxygens (including phenoxy) is 3. The van der Waals surface area contributed by atoms with E-state index < -0.39 is 11.4 Å². The minimum atomic E-state index is -0.864. The largest absolute Gasteiger partial charge is 0.481 e. The Balaban J connectivity index is 3.65. The Morgan fingerprint density at radius 1 is 1.17 bits per heavy atom. The summed E-state index contributed by atoms with van der Waals surface area (Å²) in [5, 5.41) is 9.15. The molecule has 0 aromatic heterocycles. The molecule has 0 aliphatic rings. The molecule has 1 unspecified atom stereocenters. The first kappa shape index (κ1) is 17.3. The highest BCUT2D eigenvalue weighted by molar-refractivity contribution is 5.74. The Hall–Kier alpha value is -0.690. The van der Waals surface area contributed by atoms with Gasteiger partial charge in [0.25, 0.3) is 0 Å². The van der Waals surface area contributed by atoms with Crippen LogP contribution in [-0.2, 0) is 19.0 Å². The van der Waals surface area contributed by atoms with Gasteiger partial charge in [0.2, 0.25) is 0 Å². The van der Waals surface area contributed by atoms with Crippen LogP contribution in [-0.4, -0.2) is 57.8 Å². The summed E-state index contributed by atoms with van der Waals surface area (Å²) in [5.74, 6) is -0.854. The average Bonchev–Trinajstić information content (AvgIpc) is 2.37. The maximum Gasteiger partial charge on any atom is 0.310 e. The van der Waals surface area contributed by atoms with E-state index >= 15 is 0 Å². The third-order valence-corrected chi connectivity index (χ3v) is 3.05. The predicted octanol–water partition coefficient (Wildman–Crippen LogP) is 0.496. The Kier molecular flexibility index (Phi) is 9.86. The molecule has 0 amide bonds. The maximum absolute atomic E-state index is 11.1. The minimum absolute atomic E-state index is 0.131. The van der Waals surface area contributed by atoms with Crippen LogP contribution in [0.4, 0.5) is 0 Å². The highest BCUT2D eigenvalue weighted by Crippen LogP contribution is 2.25. The Morgan fingerprint density at radius 2 is 1.72 bits per heavy atom. The van der Waals surface area contributed by atoms with E-state index in [1.54, 1.807) is 7.11 Å². The van der Waals surface area contributed by atoms with Crippen molar-refractivity contribution in [2.24, 2.45) is 11.1 Å². The van der Waals surface area contributed by atoms with Crippen molar-refractivity contribution in [3.05, 3.63) is 0 Å². The molecule has 0 saturated carbocycles. The molecule has 0 saturated heterocycles. The lowest BCUT2D eigenvalue weighted by Gasteiger charge is -2.26. The molecule has 0 bridgehead atoms. The zero-order chi connectivity index (χ0) is 13.9. The van der Waals surface area contributed by atoms with Crippen molar-refractivity contribution in [3.8, 4) is 0 Å². The summed E-state index contributed by atoms with van der Waals surface area (Å²) in [4.78, 5) is 11.1. The van der Waals surface area contributed by atoms with Crippen LogP contribution in [0.2, 0.25) is 0 Å². The number of rotatable bonds is 12. The predicted molar refractivity (Wildman–Crippen MR) is 67.5 cm³/mol. The maximum atomic E-state index is 11.1. The van der Waals surface area contributed by atoms with Crippen LogP contribution in [0.25, 0.3) is 0 Å². The molecule has 0 fully saturated rings. The number of hydrogen-bond acceptors (Lipinski definition) is 5. The smallest absolute Gasteiger partial charge is 0.310 e. The summed E-state index contributed by atoms with van der Waals surface area (Å²) < 4.78 is 15.4. The molecule has 1 atom stereocenters. The molecule has 0 heterocycles. The summed E-state index contributed by atoms with van der Waals surface area (Å²) in [5.41, 5.74) is 4.68. The molecule has 0 radical (unpaired) electrons. The molecule has 6 heteroatoms. The molecule has 108 valence electrons. The number of nitrogens with two attached hydrogens (primary N) is 1. The Morgan fingerprint density at radius 3 is 2.17 bits per heavy atom. The van der Waals surface area contributed by atoms with Gasteiger partial charge in [0.05, 0.1) is 31.8 Å². The summed E-state index contributed by atoms with van der Waals surface area (Å²) in [6.45, 7) is 4.38. The van der Waals surface area contributed by atoms with Gasteiger partial charge < -0.3 is 25.1 Å². The fraction of sp³-hybridized carbons (Fsp3) is 0.917. The van der Waals surface area contributed by atoms with E-state index in [9.17, 15) is 4.79 Å². The Bertz CT molecular complexity index is 219. The van der Waals surface area contributed by atoms with Crippen LogP contribution < -0.4 is 5.73 Å². The van der Waals surface area contributed by atoms with E-state index in [0.717, 1.165) is 0 Å². The molecule has 6 nitrogen and oxygen atoms in total. The van der Waals surface area contributed by atoms with Gasteiger partial charge in [0.1, 0.15) is 0 Å². The van der Waals surface area contributed by atoms with E-state index in [-0.39, 0.29) is 6.54 Å². The number of carboxylic acids is 1. The van der Waals surface area contributed by atoms with E-state index in [1.165, 1.54) is 0 Å². The van der Waals surface area contributed by atoms with Gasteiger partial charge in [-0.05, 0) is 12.8 Å².